The Hall–Kier alpha value is -2.37. The number of rotatable bonds is 4. The number of carbonyl (C=O) groups excluding carboxylic acids is 3. The molecule has 0 spiro atoms. The standard InChI is InChI=1S/C15H17NO5/c1-3-21-15(19)10-4-6-12(7-5-10)16-9-11(8-13(16)17)14(18)20-2/h4-7,11H,3,8-9H2,1-2H3. The normalized spacial score (nSPS) is 17.7. The van der Waals surface area contributed by atoms with E-state index in [0.29, 0.717) is 24.4 Å². The topological polar surface area (TPSA) is 72.9 Å². The number of esters is 2. The van der Waals surface area contributed by atoms with Gasteiger partial charge in [-0.3, -0.25) is 9.59 Å². The fourth-order valence-corrected chi connectivity index (χ4v) is 2.27. The molecule has 1 amide bonds. The molecule has 1 aromatic rings. The number of methoxy groups -OCH3 is 1. The quantitative estimate of drug-likeness (QED) is 0.784. The molecule has 2 rings (SSSR count). The van der Waals surface area contributed by atoms with Crippen molar-refractivity contribution in [2.24, 2.45) is 5.92 Å². The molecular weight excluding hydrogens is 274 g/mol. The molecule has 1 fully saturated rings. The highest BCUT2D eigenvalue weighted by Gasteiger charge is 2.35. The van der Waals surface area contributed by atoms with Crippen LogP contribution in [0.1, 0.15) is 23.7 Å². The van der Waals surface area contributed by atoms with E-state index in [2.05, 4.69) is 4.74 Å². The maximum absolute atomic E-state index is 12.0. The van der Waals surface area contributed by atoms with Gasteiger partial charge in [0.1, 0.15) is 0 Å². The van der Waals surface area contributed by atoms with Gasteiger partial charge in [-0.2, -0.15) is 0 Å². The van der Waals surface area contributed by atoms with Gasteiger partial charge in [0.05, 0.1) is 25.2 Å². The largest absolute Gasteiger partial charge is 0.469 e. The summed E-state index contributed by atoms with van der Waals surface area (Å²) in [6, 6.07) is 6.55. The van der Waals surface area contributed by atoms with Crippen LogP contribution in [0.3, 0.4) is 0 Å². The van der Waals surface area contributed by atoms with Crippen molar-refractivity contribution >= 4 is 23.5 Å². The summed E-state index contributed by atoms with van der Waals surface area (Å²) in [5.41, 5.74) is 1.08. The van der Waals surface area contributed by atoms with Crippen LogP contribution in [-0.2, 0) is 19.1 Å². The van der Waals surface area contributed by atoms with Crippen molar-refractivity contribution in [3.63, 3.8) is 0 Å². The molecular formula is C15H17NO5. The fourth-order valence-electron chi connectivity index (χ4n) is 2.27. The number of anilines is 1. The fraction of sp³-hybridized carbons (Fsp3) is 0.400. The maximum Gasteiger partial charge on any atom is 0.338 e. The first-order valence-corrected chi connectivity index (χ1v) is 6.72. The van der Waals surface area contributed by atoms with Gasteiger partial charge in [-0.05, 0) is 31.2 Å². The second kappa shape index (κ2) is 6.39. The van der Waals surface area contributed by atoms with Crippen LogP contribution in [0.2, 0.25) is 0 Å². The number of nitrogens with zero attached hydrogens (tertiary/aromatic N) is 1. The third-order valence-corrected chi connectivity index (χ3v) is 3.35. The molecule has 1 aliphatic rings. The second-order valence-electron chi connectivity index (χ2n) is 4.70. The molecule has 1 aliphatic heterocycles. The lowest BCUT2D eigenvalue weighted by molar-refractivity contribution is -0.145. The molecule has 0 bridgehead atoms. The highest BCUT2D eigenvalue weighted by molar-refractivity contribution is 6.00. The Morgan fingerprint density at radius 1 is 1.29 bits per heavy atom. The van der Waals surface area contributed by atoms with Crippen LogP contribution in [0.25, 0.3) is 0 Å². The molecule has 112 valence electrons. The van der Waals surface area contributed by atoms with Gasteiger partial charge in [-0.1, -0.05) is 0 Å². The Bertz CT molecular complexity index is 552. The summed E-state index contributed by atoms with van der Waals surface area (Å²) in [6.07, 6.45) is 0.145. The monoisotopic (exact) mass is 291 g/mol. The van der Waals surface area contributed by atoms with Crippen molar-refractivity contribution in [1.82, 2.24) is 0 Å². The first-order valence-electron chi connectivity index (χ1n) is 6.72. The van der Waals surface area contributed by atoms with Gasteiger partial charge in [0.15, 0.2) is 0 Å². The van der Waals surface area contributed by atoms with E-state index in [4.69, 9.17) is 4.74 Å². The molecule has 0 radical (unpaired) electrons. The van der Waals surface area contributed by atoms with E-state index in [0.717, 1.165) is 0 Å². The summed E-state index contributed by atoms with van der Waals surface area (Å²) in [4.78, 5) is 36.5. The lowest BCUT2D eigenvalue weighted by Gasteiger charge is -2.16. The summed E-state index contributed by atoms with van der Waals surface area (Å²) in [6.45, 7) is 2.35. The predicted molar refractivity (Wildman–Crippen MR) is 74.9 cm³/mol. The third kappa shape index (κ3) is 3.21. The van der Waals surface area contributed by atoms with Crippen molar-refractivity contribution in [3.8, 4) is 0 Å². The summed E-state index contributed by atoms with van der Waals surface area (Å²) in [7, 11) is 1.31. The number of hydrogen-bond acceptors (Lipinski definition) is 5. The van der Waals surface area contributed by atoms with Gasteiger partial charge in [0.2, 0.25) is 5.91 Å². The van der Waals surface area contributed by atoms with E-state index in [1.165, 1.54) is 12.0 Å². The van der Waals surface area contributed by atoms with E-state index in [9.17, 15) is 14.4 Å². The average Bonchev–Trinajstić information content (AvgIpc) is 2.89. The average molecular weight is 291 g/mol. The Morgan fingerprint density at radius 3 is 2.52 bits per heavy atom. The van der Waals surface area contributed by atoms with Crippen molar-refractivity contribution in [1.29, 1.82) is 0 Å². The Morgan fingerprint density at radius 2 is 1.95 bits per heavy atom. The molecule has 1 unspecified atom stereocenters. The highest BCUT2D eigenvalue weighted by Crippen LogP contribution is 2.26. The maximum atomic E-state index is 12.0. The molecule has 0 aliphatic carbocycles. The molecule has 1 heterocycles. The lowest BCUT2D eigenvalue weighted by Crippen LogP contribution is -2.26. The molecule has 0 N–H and O–H groups in total. The van der Waals surface area contributed by atoms with E-state index in [1.807, 2.05) is 0 Å². The smallest absolute Gasteiger partial charge is 0.338 e. The summed E-state index contributed by atoms with van der Waals surface area (Å²) >= 11 is 0. The first kappa shape index (κ1) is 15.0. The van der Waals surface area contributed by atoms with E-state index >= 15 is 0 Å². The summed E-state index contributed by atoms with van der Waals surface area (Å²) in [5, 5.41) is 0. The molecule has 1 saturated heterocycles. The molecule has 0 saturated carbocycles. The van der Waals surface area contributed by atoms with Crippen LogP contribution in [-0.4, -0.2) is 38.1 Å². The molecule has 6 heteroatoms. The Labute approximate surface area is 122 Å². The number of benzene rings is 1. The van der Waals surface area contributed by atoms with Crippen molar-refractivity contribution in [3.05, 3.63) is 29.8 Å². The van der Waals surface area contributed by atoms with Gasteiger partial charge in [0, 0.05) is 18.7 Å². The zero-order valence-corrected chi connectivity index (χ0v) is 12.0. The highest BCUT2D eigenvalue weighted by atomic mass is 16.5. The molecule has 6 nitrogen and oxygen atoms in total. The SMILES string of the molecule is CCOC(=O)c1ccc(N2CC(C(=O)OC)CC2=O)cc1. The third-order valence-electron chi connectivity index (χ3n) is 3.35. The van der Waals surface area contributed by atoms with Crippen LogP contribution in [0.4, 0.5) is 5.69 Å². The predicted octanol–water partition coefficient (Wildman–Crippen LogP) is 1.39. The van der Waals surface area contributed by atoms with Crippen LogP contribution in [0.5, 0.6) is 0 Å². The van der Waals surface area contributed by atoms with Crippen molar-refractivity contribution < 1.29 is 23.9 Å². The van der Waals surface area contributed by atoms with E-state index in [-0.39, 0.29) is 18.3 Å². The lowest BCUT2D eigenvalue weighted by atomic mass is 10.1. The van der Waals surface area contributed by atoms with Crippen LogP contribution in [0, 0.1) is 5.92 Å². The molecule has 21 heavy (non-hydrogen) atoms. The van der Waals surface area contributed by atoms with Crippen LogP contribution < -0.4 is 4.90 Å². The number of carbonyl (C=O) groups is 3. The van der Waals surface area contributed by atoms with Crippen molar-refractivity contribution in [2.75, 3.05) is 25.2 Å². The van der Waals surface area contributed by atoms with E-state index in [1.54, 1.807) is 31.2 Å². The first-order chi connectivity index (χ1) is 10.1. The summed E-state index contributed by atoms with van der Waals surface area (Å²) in [5.74, 6) is -1.35. The second-order valence-corrected chi connectivity index (χ2v) is 4.70. The molecule has 0 aromatic heterocycles. The summed E-state index contributed by atoms with van der Waals surface area (Å²) < 4.78 is 9.56. The zero-order valence-electron chi connectivity index (χ0n) is 12.0. The van der Waals surface area contributed by atoms with Crippen LogP contribution in [0.15, 0.2) is 24.3 Å². The van der Waals surface area contributed by atoms with Gasteiger partial charge in [-0.15, -0.1) is 0 Å². The van der Waals surface area contributed by atoms with E-state index < -0.39 is 11.9 Å². The van der Waals surface area contributed by atoms with Gasteiger partial charge in [-0.25, -0.2) is 4.79 Å². The minimum atomic E-state index is -0.438. The van der Waals surface area contributed by atoms with Crippen molar-refractivity contribution in [2.45, 2.75) is 13.3 Å². The Kier molecular flexibility index (Phi) is 4.57. The van der Waals surface area contributed by atoms with Crippen LogP contribution >= 0.6 is 0 Å². The van der Waals surface area contributed by atoms with Gasteiger partial charge in [0.25, 0.3) is 0 Å². The molecule has 1 atom stereocenters. The van der Waals surface area contributed by atoms with Gasteiger partial charge < -0.3 is 14.4 Å². The number of hydrogen-bond donors (Lipinski definition) is 0. The van der Waals surface area contributed by atoms with Gasteiger partial charge >= 0.3 is 11.9 Å². The number of ether oxygens (including phenoxy) is 2. The minimum absolute atomic E-state index is 0.130. The zero-order chi connectivity index (χ0) is 15.4. The minimum Gasteiger partial charge on any atom is -0.469 e. The molecule has 1 aromatic carbocycles. The Balaban J connectivity index is 2.10. The number of amides is 1.